The van der Waals surface area contributed by atoms with E-state index in [4.69, 9.17) is 4.42 Å². The molecule has 0 unspecified atom stereocenters. The van der Waals surface area contributed by atoms with Gasteiger partial charge in [-0.25, -0.2) is 0 Å². The summed E-state index contributed by atoms with van der Waals surface area (Å²) in [6.45, 7) is 5.53. The zero-order chi connectivity index (χ0) is 18.4. The third-order valence-corrected chi connectivity index (χ3v) is 4.89. The molecule has 0 aromatic heterocycles. The lowest BCUT2D eigenvalue weighted by Gasteiger charge is -2.21. The van der Waals surface area contributed by atoms with Crippen LogP contribution in [0, 0.1) is 10.8 Å². The molecule has 25 heavy (non-hydrogen) atoms. The number of hydrogen-bond donors (Lipinski definition) is 2. The fraction of sp³-hybridized carbons (Fsp3) is 0.250. The Kier molecular flexibility index (Phi) is 4.13. The van der Waals surface area contributed by atoms with Gasteiger partial charge >= 0.3 is 0 Å². The molecule has 1 aromatic carbocycles. The van der Waals surface area contributed by atoms with Crippen molar-refractivity contribution in [3.05, 3.63) is 55.5 Å². The minimum atomic E-state index is -4.71. The molecule has 0 atom stereocenters. The van der Waals surface area contributed by atoms with Gasteiger partial charge in [-0.05, 0) is 26.0 Å². The Hall–Kier alpha value is -2.65. The van der Waals surface area contributed by atoms with Gasteiger partial charge in [0.25, 0.3) is 15.5 Å². The Morgan fingerprint density at radius 1 is 1.16 bits per heavy atom. The molecule has 1 heterocycles. The summed E-state index contributed by atoms with van der Waals surface area (Å²) in [5.74, 6) is 0. The largest absolute Gasteiger partial charge is 0.449 e. The van der Waals surface area contributed by atoms with E-state index < -0.39 is 31.3 Å². The first kappa shape index (κ1) is 17.2. The van der Waals surface area contributed by atoms with E-state index in [-0.39, 0.29) is 5.35 Å². The van der Waals surface area contributed by atoms with Crippen LogP contribution >= 0.6 is 0 Å². The van der Waals surface area contributed by atoms with Crippen molar-refractivity contribution in [3.8, 4) is 0 Å². The molecule has 1 aliphatic carbocycles. The number of anilines is 1. The maximum atomic E-state index is 12.1. The van der Waals surface area contributed by atoms with Crippen molar-refractivity contribution in [1.82, 2.24) is 4.98 Å². The molecule has 0 fully saturated rings. The SMILES string of the molecule is CCN(CC)c1ccc2[nH]c3c(S(=O)(=O)O)cc(=O)c(=O)c=3oc2c1. The van der Waals surface area contributed by atoms with Crippen LogP contribution < -0.4 is 15.8 Å². The standard InChI is InChI=1S/C16H16N2O6S/c1-3-18(4-2)9-5-6-10-12(7-9)24-16-14(17-10)13(25(21,22)23)8-11(19)15(16)20/h5-8,17H,3-4H2,1-2H3,(H,21,22,23). The highest BCUT2D eigenvalue weighted by Gasteiger charge is 2.18. The lowest BCUT2D eigenvalue weighted by molar-refractivity contribution is 0.479. The number of nitrogens with one attached hydrogen (secondary N) is 1. The number of rotatable bonds is 4. The molecule has 2 N–H and O–H groups in total. The van der Waals surface area contributed by atoms with Gasteiger partial charge < -0.3 is 14.3 Å². The van der Waals surface area contributed by atoms with Gasteiger partial charge in [-0.2, -0.15) is 8.42 Å². The van der Waals surface area contributed by atoms with Crippen LogP contribution in [0.2, 0.25) is 0 Å². The van der Waals surface area contributed by atoms with Crippen molar-refractivity contribution >= 4 is 26.9 Å². The van der Waals surface area contributed by atoms with Gasteiger partial charge in [-0.1, -0.05) is 0 Å². The van der Waals surface area contributed by atoms with Crippen LogP contribution in [0.3, 0.4) is 0 Å². The highest BCUT2D eigenvalue weighted by atomic mass is 32.2. The molecule has 0 saturated carbocycles. The number of fused-ring (bicyclic) bond motifs is 1. The quantitative estimate of drug-likeness (QED) is 0.529. The van der Waals surface area contributed by atoms with Crippen molar-refractivity contribution in [1.29, 1.82) is 0 Å². The minimum Gasteiger partial charge on any atom is -0.449 e. The number of H-pyrrole nitrogens is 1. The molecule has 0 spiro atoms. The molecule has 0 radical (unpaired) electrons. The molecule has 1 aromatic rings. The topological polar surface area (TPSA) is 121 Å². The molecule has 0 saturated heterocycles. The maximum absolute atomic E-state index is 12.1. The molecule has 2 aliphatic rings. The highest BCUT2D eigenvalue weighted by Crippen LogP contribution is 2.22. The Morgan fingerprint density at radius 2 is 1.84 bits per heavy atom. The van der Waals surface area contributed by atoms with Crippen LogP contribution in [0.4, 0.5) is 5.69 Å². The summed E-state index contributed by atoms with van der Waals surface area (Å²) in [5, 5.41) is -0.241. The highest BCUT2D eigenvalue weighted by molar-refractivity contribution is 7.85. The Bertz CT molecular complexity index is 1240. The minimum absolute atomic E-state index is 0.241. The second kappa shape index (κ2) is 6.01. The molecule has 0 bridgehead atoms. The van der Waals surface area contributed by atoms with Gasteiger partial charge in [0, 0.05) is 30.9 Å². The molecule has 132 valence electrons. The van der Waals surface area contributed by atoms with Gasteiger partial charge in [0.05, 0.1) is 5.52 Å². The second-order valence-electron chi connectivity index (χ2n) is 5.46. The average Bonchev–Trinajstić information content (AvgIpc) is 2.57. The van der Waals surface area contributed by atoms with Crippen LogP contribution in [0.1, 0.15) is 13.8 Å². The fourth-order valence-corrected chi connectivity index (χ4v) is 3.40. The molecular weight excluding hydrogens is 348 g/mol. The number of benzene rings is 1. The van der Waals surface area contributed by atoms with Gasteiger partial charge in [-0.15, -0.1) is 0 Å². The van der Waals surface area contributed by atoms with E-state index in [9.17, 15) is 22.6 Å². The van der Waals surface area contributed by atoms with Gasteiger partial charge in [0.1, 0.15) is 10.2 Å². The van der Waals surface area contributed by atoms with E-state index in [1.54, 1.807) is 12.1 Å². The van der Waals surface area contributed by atoms with Crippen LogP contribution in [0.25, 0.3) is 11.1 Å². The smallest absolute Gasteiger partial charge is 0.296 e. The average molecular weight is 364 g/mol. The Balaban J connectivity index is 2.46. The summed E-state index contributed by atoms with van der Waals surface area (Å²) in [6, 6.07) is 5.78. The number of nitrogens with zero attached hydrogens (tertiary/aromatic N) is 1. The maximum Gasteiger partial charge on any atom is 0.296 e. The van der Waals surface area contributed by atoms with Gasteiger partial charge in [-0.3, -0.25) is 14.1 Å². The lowest BCUT2D eigenvalue weighted by Crippen LogP contribution is -2.26. The molecular formula is C16H16N2O6S. The van der Waals surface area contributed by atoms with Crippen molar-refractivity contribution < 1.29 is 17.4 Å². The number of aromatic amines is 1. The monoisotopic (exact) mass is 364 g/mol. The fourth-order valence-electron chi connectivity index (χ4n) is 2.74. The number of hydrogen-bond acceptors (Lipinski definition) is 6. The summed E-state index contributed by atoms with van der Waals surface area (Å²) in [5.41, 5.74) is -0.920. The van der Waals surface area contributed by atoms with E-state index in [1.807, 2.05) is 19.9 Å². The van der Waals surface area contributed by atoms with Crippen LogP contribution in [0.5, 0.6) is 0 Å². The first-order chi connectivity index (χ1) is 11.8. The summed E-state index contributed by atoms with van der Waals surface area (Å²) >= 11 is 0. The zero-order valence-electron chi connectivity index (χ0n) is 13.6. The summed E-state index contributed by atoms with van der Waals surface area (Å²) in [6.07, 6.45) is 0. The van der Waals surface area contributed by atoms with Crippen molar-refractivity contribution in [3.63, 3.8) is 0 Å². The molecule has 3 rings (SSSR count). The van der Waals surface area contributed by atoms with Crippen molar-refractivity contribution in [2.45, 2.75) is 18.7 Å². The molecule has 0 amide bonds. The summed E-state index contributed by atoms with van der Waals surface area (Å²) in [4.78, 5) is 27.9. The van der Waals surface area contributed by atoms with E-state index >= 15 is 0 Å². The molecule has 9 heteroatoms. The van der Waals surface area contributed by atoms with Crippen molar-refractivity contribution in [2.75, 3.05) is 18.0 Å². The van der Waals surface area contributed by atoms with E-state index in [0.29, 0.717) is 17.2 Å². The molecule has 8 nitrogen and oxygen atoms in total. The normalized spacial score (nSPS) is 12.0. The Morgan fingerprint density at radius 3 is 2.44 bits per heavy atom. The number of aromatic nitrogens is 1. The summed E-state index contributed by atoms with van der Waals surface area (Å²) < 4.78 is 37.9. The van der Waals surface area contributed by atoms with Gasteiger partial charge in [0.15, 0.2) is 5.58 Å². The lowest BCUT2D eigenvalue weighted by atomic mass is 10.2. The van der Waals surface area contributed by atoms with E-state index in [1.165, 1.54) is 0 Å². The zero-order valence-corrected chi connectivity index (χ0v) is 14.4. The third-order valence-electron chi connectivity index (χ3n) is 4.01. The molecule has 1 aliphatic heterocycles. The van der Waals surface area contributed by atoms with E-state index in [2.05, 4.69) is 9.88 Å². The third kappa shape index (κ3) is 2.92. The van der Waals surface area contributed by atoms with Crippen LogP contribution in [-0.2, 0) is 10.1 Å². The van der Waals surface area contributed by atoms with Gasteiger partial charge in [0.2, 0.25) is 10.8 Å². The second-order valence-corrected chi connectivity index (χ2v) is 6.85. The first-order valence-corrected chi connectivity index (χ1v) is 9.06. The van der Waals surface area contributed by atoms with Crippen LogP contribution in [-0.4, -0.2) is 31.0 Å². The summed E-state index contributed by atoms with van der Waals surface area (Å²) in [7, 11) is -4.71. The first-order valence-electron chi connectivity index (χ1n) is 7.62. The Labute approximate surface area is 142 Å². The van der Waals surface area contributed by atoms with Crippen molar-refractivity contribution in [2.24, 2.45) is 0 Å². The van der Waals surface area contributed by atoms with E-state index in [0.717, 1.165) is 18.8 Å². The predicted octanol–water partition coefficient (Wildman–Crippen LogP) is 1.30. The predicted molar refractivity (Wildman–Crippen MR) is 91.8 cm³/mol. The van der Waals surface area contributed by atoms with Crippen LogP contribution in [0.15, 0.2) is 43.2 Å².